The van der Waals surface area contributed by atoms with Crippen molar-refractivity contribution >= 4 is 45.5 Å². The summed E-state index contributed by atoms with van der Waals surface area (Å²) in [5.74, 6) is -0.959. The second-order valence-electron chi connectivity index (χ2n) is 13.6. The Balaban J connectivity index is 0.00000541. The van der Waals surface area contributed by atoms with Crippen LogP contribution in [0.3, 0.4) is 0 Å². The molecule has 0 amide bonds. The first-order valence-corrected chi connectivity index (χ1v) is 19.0. The van der Waals surface area contributed by atoms with Gasteiger partial charge in [-0.3, -0.25) is 4.98 Å². The van der Waals surface area contributed by atoms with Crippen molar-refractivity contribution in [1.29, 1.82) is 0 Å². The standard InChI is InChI=1S/C38H45N7O6S.ClH/c1-23(2)33-17-32-36(45(33)5)41-27(20-40-32)19-39-28(21-50-29-13-6-7-14-29)22-51-34-18-31(35-24(3)10-8-11-25(35)4)42-38(43-34)44-52(48,49)30-15-9-12-26(16-30)37(46)47;/h8-12,15-18,20,23,28-29,39H,6-7,13-14,19,21-22H2,1-5H3,(H,46,47)(H,42,43,44);1H/t28-;/m1./s1. The monoisotopic (exact) mass is 763 g/mol. The number of hydrogen-bond donors (Lipinski definition) is 3. The van der Waals surface area contributed by atoms with Crippen LogP contribution in [-0.2, 0) is 28.4 Å². The molecule has 1 aliphatic carbocycles. The average Bonchev–Trinajstić information content (AvgIpc) is 3.75. The third-order valence-electron chi connectivity index (χ3n) is 9.31. The maximum Gasteiger partial charge on any atom is 0.335 e. The van der Waals surface area contributed by atoms with E-state index in [2.05, 4.69) is 49.5 Å². The van der Waals surface area contributed by atoms with Crippen LogP contribution in [0.15, 0.2) is 65.7 Å². The van der Waals surface area contributed by atoms with Gasteiger partial charge in [0.25, 0.3) is 10.0 Å². The van der Waals surface area contributed by atoms with E-state index in [-0.39, 0.29) is 53.4 Å². The van der Waals surface area contributed by atoms with Gasteiger partial charge in [0.2, 0.25) is 11.8 Å². The van der Waals surface area contributed by atoms with Gasteiger partial charge in [-0.25, -0.2) is 27.9 Å². The minimum Gasteiger partial charge on any atom is -0.478 e. The number of carboxylic acid groups (broad SMARTS) is 1. The van der Waals surface area contributed by atoms with Gasteiger partial charge in [-0.1, -0.05) is 51.0 Å². The summed E-state index contributed by atoms with van der Waals surface area (Å²) < 4.78 is 44.0. The predicted molar refractivity (Wildman–Crippen MR) is 205 cm³/mol. The van der Waals surface area contributed by atoms with E-state index >= 15 is 0 Å². The van der Waals surface area contributed by atoms with Crippen LogP contribution in [0.1, 0.15) is 78.3 Å². The van der Waals surface area contributed by atoms with E-state index in [9.17, 15) is 18.3 Å². The predicted octanol–water partition coefficient (Wildman–Crippen LogP) is 6.58. The fraction of sp³-hybridized carbons (Fsp3) is 0.395. The van der Waals surface area contributed by atoms with Crippen LogP contribution < -0.4 is 14.8 Å². The largest absolute Gasteiger partial charge is 0.478 e. The number of carboxylic acids is 1. The SMILES string of the molecule is Cc1cccc(C)c1-c1cc(OC[C@@H](COC2CCCC2)NCc2cnc3cc(C(C)C)n(C)c3n2)nc(NS(=O)(=O)c2cccc(C(=O)O)c2)n1.Cl. The number of aromatic carboxylic acids is 1. The summed E-state index contributed by atoms with van der Waals surface area (Å²) in [6, 6.07) is 14.4. The summed E-state index contributed by atoms with van der Waals surface area (Å²) in [4.78, 5) is 29.9. The number of benzene rings is 2. The average molecular weight is 764 g/mol. The number of aryl methyl sites for hydroxylation is 3. The lowest BCUT2D eigenvalue weighted by molar-refractivity contribution is 0.0327. The van der Waals surface area contributed by atoms with Crippen LogP contribution in [-0.4, -0.2) is 69.4 Å². The Bertz CT molecular complexity index is 2170. The zero-order valence-corrected chi connectivity index (χ0v) is 32.1. The van der Waals surface area contributed by atoms with E-state index in [0.717, 1.165) is 71.0 Å². The van der Waals surface area contributed by atoms with Crippen molar-refractivity contribution in [3.05, 3.63) is 88.9 Å². The van der Waals surface area contributed by atoms with Crippen LogP contribution in [0.25, 0.3) is 22.4 Å². The first-order chi connectivity index (χ1) is 24.9. The fourth-order valence-electron chi connectivity index (χ4n) is 6.55. The number of anilines is 1. The van der Waals surface area contributed by atoms with E-state index in [1.165, 1.54) is 18.2 Å². The van der Waals surface area contributed by atoms with Crippen molar-refractivity contribution in [3.8, 4) is 17.1 Å². The molecule has 3 aromatic heterocycles. The normalized spacial score (nSPS) is 14.0. The van der Waals surface area contributed by atoms with Gasteiger partial charge in [0.1, 0.15) is 12.1 Å². The highest BCUT2D eigenvalue weighted by atomic mass is 35.5. The zero-order valence-electron chi connectivity index (χ0n) is 30.5. The second kappa shape index (κ2) is 17.0. The highest BCUT2D eigenvalue weighted by molar-refractivity contribution is 7.92. The number of carbonyl (C=O) groups is 1. The quantitative estimate of drug-likeness (QED) is 0.105. The molecule has 1 fully saturated rings. The van der Waals surface area contributed by atoms with Gasteiger partial charge >= 0.3 is 5.97 Å². The molecule has 0 saturated heterocycles. The summed E-state index contributed by atoms with van der Waals surface area (Å²) in [5.41, 5.74) is 6.61. The van der Waals surface area contributed by atoms with Crippen LogP contribution in [0, 0.1) is 13.8 Å². The molecular weight excluding hydrogens is 718 g/mol. The number of fused-ring (bicyclic) bond motifs is 1. The lowest BCUT2D eigenvalue weighted by atomic mass is 10.00. The molecule has 1 atom stereocenters. The van der Waals surface area contributed by atoms with Crippen molar-refractivity contribution in [1.82, 2.24) is 29.8 Å². The summed E-state index contributed by atoms with van der Waals surface area (Å²) in [6.07, 6.45) is 6.29. The number of nitrogens with one attached hydrogen (secondary N) is 2. The van der Waals surface area contributed by atoms with Gasteiger partial charge < -0.3 is 24.5 Å². The van der Waals surface area contributed by atoms with Crippen molar-refractivity contribution < 1.29 is 27.8 Å². The molecule has 282 valence electrons. The number of ether oxygens (including phenoxy) is 2. The van der Waals surface area contributed by atoms with E-state index in [4.69, 9.17) is 14.5 Å². The Kier molecular flexibility index (Phi) is 12.7. The molecule has 3 N–H and O–H groups in total. The first-order valence-electron chi connectivity index (χ1n) is 17.5. The van der Waals surface area contributed by atoms with Crippen LogP contribution in [0.2, 0.25) is 0 Å². The molecule has 0 unspecified atom stereocenters. The fourth-order valence-corrected chi connectivity index (χ4v) is 7.53. The highest BCUT2D eigenvalue weighted by Crippen LogP contribution is 2.30. The molecule has 3 heterocycles. The lowest BCUT2D eigenvalue weighted by Crippen LogP contribution is -2.39. The Morgan fingerprint density at radius 1 is 1.00 bits per heavy atom. The molecule has 0 radical (unpaired) electrons. The lowest BCUT2D eigenvalue weighted by Gasteiger charge is -2.22. The summed E-state index contributed by atoms with van der Waals surface area (Å²) >= 11 is 0. The van der Waals surface area contributed by atoms with Gasteiger partial charge in [-0.05, 0) is 68.0 Å². The van der Waals surface area contributed by atoms with E-state index < -0.39 is 16.0 Å². The molecule has 0 aliphatic heterocycles. The summed E-state index contributed by atoms with van der Waals surface area (Å²) in [7, 11) is -2.25. The molecular formula is C38H46ClN7O6S. The third-order valence-corrected chi connectivity index (χ3v) is 10.6. The Morgan fingerprint density at radius 2 is 1.72 bits per heavy atom. The summed E-state index contributed by atoms with van der Waals surface area (Å²) in [6.45, 7) is 9.15. The van der Waals surface area contributed by atoms with Gasteiger partial charge in [0.05, 0.1) is 46.8 Å². The molecule has 13 nitrogen and oxygen atoms in total. The van der Waals surface area contributed by atoms with Crippen molar-refractivity contribution in [2.24, 2.45) is 7.05 Å². The third kappa shape index (κ3) is 9.49. The van der Waals surface area contributed by atoms with Crippen LogP contribution in [0.4, 0.5) is 5.95 Å². The van der Waals surface area contributed by atoms with E-state index in [1.54, 1.807) is 12.3 Å². The van der Waals surface area contributed by atoms with Gasteiger partial charge in [0.15, 0.2) is 5.65 Å². The van der Waals surface area contributed by atoms with E-state index in [0.29, 0.717) is 24.8 Å². The van der Waals surface area contributed by atoms with Crippen molar-refractivity contribution in [2.45, 2.75) is 82.9 Å². The maximum absolute atomic E-state index is 13.4. The van der Waals surface area contributed by atoms with Gasteiger partial charge in [-0.15, -0.1) is 12.4 Å². The Hall–Kier alpha value is -4.63. The van der Waals surface area contributed by atoms with Crippen LogP contribution in [0.5, 0.6) is 5.88 Å². The molecule has 5 aromatic rings. The molecule has 53 heavy (non-hydrogen) atoms. The molecule has 2 aromatic carbocycles. The van der Waals surface area contributed by atoms with Crippen LogP contribution >= 0.6 is 12.4 Å². The molecule has 1 saturated carbocycles. The number of rotatable bonds is 15. The number of nitrogens with zero attached hydrogens (tertiary/aromatic N) is 5. The molecule has 1 aliphatic rings. The topological polar surface area (TPSA) is 170 Å². The molecule has 15 heteroatoms. The maximum atomic E-state index is 13.4. The Morgan fingerprint density at radius 3 is 2.42 bits per heavy atom. The smallest absolute Gasteiger partial charge is 0.335 e. The van der Waals surface area contributed by atoms with Crippen molar-refractivity contribution in [2.75, 3.05) is 17.9 Å². The molecule has 0 bridgehead atoms. The number of aromatic nitrogens is 5. The van der Waals surface area contributed by atoms with Crippen molar-refractivity contribution in [3.63, 3.8) is 0 Å². The number of hydrogen-bond acceptors (Lipinski definition) is 10. The van der Waals surface area contributed by atoms with E-state index in [1.807, 2.05) is 39.1 Å². The van der Waals surface area contributed by atoms with Gasteiger partial charge in [0, 0.05) is 30.9 Å². The molecule has 0 spiro atoms. The van der Waals surface area contributed by atoms with Gasteiger partial charge in [-0.2, -0.15) is 4.98 Å². The second-order valence-corrected chi connectivity index (χ2v) is 15.3. The molecule has 6 rings (SSSR count). The Labute approximate surface area is 316 Å². The zero-order chi connectivity index (χ0) is 37.0. The summed E-state index contributed by atoms with van der Waals surface area (Å²) in [5, 5.41) is 12.9. The minimum atomic E-state index is -4.26. The number of sulfonamides is 1. The minimum absolute atomic E-state index is 0. The highest BCUT2D eigenvalue weighted by Gasteiger charge is 2.22. The number of halogens is 1. The first kappa shape index (κ1) is 39.6.